The van der Waals surface area contributed by atoms with Crippen molar-refractivity contribution < 1.29 is 34.7 Å². The van der Waals surface area contributed by atoms with Crippen LogP contribution >= 0.6 is 0 Å². The van der Waals surface area contributed by atoms with E-state index in [-0.39, 0.29) is 52.8 Å². The number of epoxide rings is 1. The lowest BCUT2D eigenvalue weighted by Crippen LogP contribution is -2.69. The van der Waals surface area contributed by atoms with Gasteiger partial charge in [-0.3, -0.25) is 4.79 Å². The van der Waals surface area contributed by atoms with Gasteiger partial charge in [0.05, 0.1) is 29.7 Å². The van der Waals surface area contributed by atoms with Crippen molar-refractivity contribution in [3.8, 4) is 11.8 Å². The number of carbonyl (C=O) groups excluding carboxylic acids is 1. The summed E-state index contributed by atoms with van der Waals surface area (Å²) in [6.45, 7) is 11.9. The van der Waals surface area contributed by atoms with Crippen LogP contribution in [-0.4, -0.2) is 81.1 Å². The van der Waals surface area contributed by atoms with Gasteiger partial charge in [-0.25, -0.2) is 0 Å². The summed E-state index contributed by atoms with van der Waals surface area (Å²) in [5.41, 5.74) is 5.05. The molecule has 10 aliphatic rings. The molecule has 7 aliphatic carbocycles. The van der Waals surface area contributed by atoms with E-state index in [2.05, 4.69) is 68.3 Å². The van der Waals surface area contributed by atoms with E-state index in [0.717, 1.165) is 75.4 Å². The number of nitrogens with one attached hydrogen (secondary N) is 1. The Morgan fingerprint density at radius 3 is 2.51 bits per heavy atom. The second-order valence-electron chi connectivity index (χ2n) is 25.2. The van der Waals surface area contributed by atoms with Gasteiger partial charge in [0.25, 0.3) is 0 Å². The summed E-state index contributed by atoms with van der Waals surface area (Å²) in [7, 11) is 0. The number of aryl methyl sites for hydroxylation is 1. The molecule has 16 unspecified atom stereocenters. The molecule has 2 saturated heterocycles. The Morgan fingerprint density at radius 1 is 0.985 bits per heavy atom. The average Bonchev–Trinajstić information content (AvgIpc) is 3.80. The van der Waals surface area contributed by atoms with Crippen LogP contribution in [0, 0.1) is 74.4 Å². The Morgan fingerprint density at radius 2 is 1.76 bits per heavy atom. The molecular weight excluding hydrogens is 837 g/mol. The molecule has 9 nitrogen and oxygen atoms in total. The van der Waals surface area contributed by atoms with Crippen LogP contribution in [0.25, 0.3) is 0 Å². The highest BCUT2D eigenvalue weighted by atomic mass is 16.6. The highest BCUT2D eigenvalue weighted by molar-refractivity contribution is 5.95. The Bertz CT molecular complexity index is 2320. The predicted octanol–water partition coefficient (Wildman–Crippen LogP) is 8.02. The standard InChI is InChI=1S/C58H80N2O7/c1-36-20-28-66-57(32-36,50-49(67-50)54(5,64)51(2,35-61)23-17-37-19-27-60-47(59)29-37)45-18-24-58(65)43-31-44(63)42-30-41(62)34-56-26-25-55(21-8-9-22-55)46(56)14-10-13-38-11-6-7-12-39(38)15-16-40(33-52(45,58)3)48(43)53(42,56)4/h6-7,11-12,19,29,31,36,40-42,45-46,48-50,60-62,64-65H,8-9,13,15-18,20-28,30,32-35,59H2,1-5H3. The van der Waals surface area contributed by atoms with Crippen molar-refractivity contribution in [3.05, 3.63) is 70.6 Å². The normalized spacial score (nSPS) is 45.7. The third-order valence-electron chi connectivity index (χ3n) is 22.2. The fourth-order valence-corrected chi connectivity index (χ4v) is 18.4. The first-order valence-corrected chi connectivity index (χ1v) is 26.6. The third kappa shape index (κ3) is 6.57. The number of rotatable bonds is 8. The number of hydrogen-bond donors (Lipinski definition) is 6. The van der Waals surface area contributed by atoms with Gasteiger partial charge in [0, 0.05) is 42.2 Å². The number of carbonyl (C=O) groups is 1. The van der Waals surface area contributed by atoms with Gasteiger partial charge in [0.15, 0.2) is 5.78 Å². The monoisotopic (exact) mass is 917 g/mol. The molecule has 7 fully saturated rings. The summed E-state index contributed by atoms with van der Waals surface area (Å²) < 4.78 is 14.2. The lowest BCUT2D eigenvalue weighted by Gasteiger charge is -2.68. The van der Waals surface area contributed by atoms with Crippen molar-refractivity contribution in [1.29, 1.82) is 0 Å². The quantitative estimate of drug-likeness (QED) is 0.112. The molecule has 0 aromatic heterocycles. The number of allylic oxidation sites excluding steroid dienone is 3. The second-order valence-corrected chi connectivity index (χ2v) is 25.2. The molecule has 7 N–H and O–H groups in total. The number of ketones is 1. The van der Waals surface area contributed by atoms with Crippen LogP contribution in [0.3, 0.4) is 0 Å². The number of ether oxygens (including phenoxy) is 2. The van der Waals surface area contributed by atoms with Crippen molar-refractivity contribution in [2.24, 2.45) is 68.3 Å². The van der Waals surface area contributed by atoms with Crippen LogP contribution < -0.4 is 11.1 Å². The fraction of sp³-hybridized carbons (Fsp3) is 0.741. The van der Waals surface area contributed by atoms with Gasteiger partial charge in [-0.15, -0.1) is 0 Å². The fourth-order valence-electron chi connectivity index (χ4n) is 18.4. The van der Waals surface area contributed by atoms with E-state index in [1.807, 2.05) is 26.0 Å². The molecular formula is C58H80N2O7. The molecule has 364 valence electrons. The number of aliphatic hydroxyl groups is 4. The zero-order valence-electron chi connectivity index (χ0n) is 41.2. The first kappa shape index (κ1) is 46.4. The van der Waals surface area contributed by atoms with E-state index in [4.69, 9.17) is 15.2 Å². The molecule has 2 spiro atoms. The van der Waals surface area contributed by atoms with E-state index >= 15 is 4.79 Å². The maximum atomic E-state index is 15.3. The van der Waals surface area contributed by atoms with E-state index in [0.29, 0.717) is 63.4 Å². The number of aliphatic hydroxyl groups excluding tert-OH is 2. The smallest absolute Gasteiger partial charge is 0.159 e. The van der Waals surface area contributed by atoms with Crippen molar-refractivity contribution in [2.45, 2.75) is 185 Å². The van der Waals surface area contributed by atoms with Gasteiger partial charge in [-0.1, -0.05) is 82.7 Å². The number of dihydropyridines is 1. The molecule has 67 heavy (non-hydrogen) atoms. The number of hydrogen-bond acceptors (Lipinski definition) is 9. The topological polar surface area (TPSA) is 158 Å². The number of fused-ring (bicyclic) bond motifs is 4. The summed E-state index contributed by atoms with van der Waals surface area (Å²) in [5.74, 6) is 8.65. The average molecular weight is 917 g/mol. The van der Waals surface area contributed by atoms with Crippen molar-refractivity contribution in [3.63, 3.8) is 0 Å². The highest BCUT2D eigenvalue weighted by Gasteiger charge is 2.79. The van der Waals surface area contributed by atoms with E-state index in [9.17, 15) is 20.4 Å². The van der Waals surface area contributed by atoms with Gasteiger partial charge >= 0.3 is 0 Å². The van der Waals surface area contributed by atoms with Gasteiger partial charge in [-0.05, 0) is 178 Å². The van der Waals surface area contributed by atoms with Crippen LogP contribution in [0.2, 0.25) is 0 Å². The Hall–Kier alpha value is -2.97. The van der Waals surface area contributed by atoms with E-state index < -0.39 is 51.4 Å². The molecule has 5 saturated carbocycles. The van der Waals surface area contributed by atoms with Gasteiger partial charge < -0.3 is 41.0 Å². The number of benzene rings is 1. The molecule has 0 radical (unpaired) electrons. The summed E-state index contributed by atoms with van der Waals surface area (Å²) in [5, 5.41) is 53.2. The van der Waals surface area contributed by atoms with E-state index in [1.165, 1.54) is 24.0 Å². The summed E-state index contributed by atoms with van der Waals surface area (Å²) >= 11 is 0. The number of nitrogens with two attached hydrogens (primary N) is 1. The summed E-state index contributed by atoms with van der Waals surface area (Å²) in [6.07, 6.45) is 19.8. The first-order valence-electron chi connectivity index (χ1n) is 26.6. The molecule has 1 aromatic carbocycles. The zero-order valence-corrected chi connectivity index (χ0v) is 41.2. The Labute approximate surface area is 400 Å². The van der Waals surface area contributed by atoms with Gasteiger partial charge in [0.1, 0.15) is 17.8 Å². The first-order chi connectivity index (χ1) is 31.9. The van der Waals surface area contributed by atoms with Crippen molar-refractivity contribution >= 4 is 5.78 Å². The maximum Gasteiger partial charge on any atom is 0.159 e. The zero-order chi connectivity index (χ0) is 47.0. The van der Waals surface area contributed by atoms with Crippen LogP contribution in [0.5, 0.6) is 0 Å². The van der Waals surface area contributed by atoms with Crippen molar-refractivity contribution in [1.82, 2.24) is 5.32 Å². The largest absolute Gasteiger partial charge is 0.396 e. The molecule has 11 rings (SSSR count). The van der Waals surface area contributed by atoms with Gasteiger partial charge in [0.2, 0.25) is 0 Å². The molecule has 1 aromatic rings. The molecule has 3 aliphatic heterocycles. The van der Waals surface area contributed by atoms with Crippen LogP contribution in [-0.2, 0) is 27.1 Å². The summed E-state index contributed by atoms with van der Waals surface area (Å²) in [4.78, 5) is 15.3. The lowest BCUT2D eigenvalue weighted by atomic mass is 9.35. The van der Waals surface area contributed by atoms with E-state index in [1.54, 1.807) is 0 Å². The minimum absolute atomic E-state index is 0.0368. The minimum Gasteiger partial charge on any atom is -0.396 e. The summed E-state index contributed by atoms with van der Waals surface area (Å²) in [6, 6.07) is 8.87. The van der Waals surface area contributed by atoms with Crippen molar-refractivity contribution in [2.75, 3.05) is 19.8 Å². The SMILES string of the molecule is CC1CCOC(C2OC2C(C)(O)C(C)(CO)CCC2=CCNC(N)=C2)(C2CCC3(O)C4=CC(=O)C5CC(O)CC67CCC8(CCCC8)C6C#CCc6ccccc6CCC(CC23C)C4C57C)C1. The molecule has 16 atom stereocenters. The third-order valence-corrected chi connectivity index (χ3v) is 22.2. The Balaban J connectivity index is 1.01. The molecule has 0 amide bonds. The van der Waals surface area contributed by atoms with Gasteiger partial charge in [-0.2, -0.15) is 0 Å². The Kier molecular flexibility index (Phi) is 11.1. The second kappa shape index (κ2) is 16.0. The van der Waals surface area contributed by atoms with Crippen LogP contribution in [0.4, 0.5) is 0 Å². The predicted molar refractivity (Wildman–Crippen MR) is 259 cm³/mol. The van der Waals surface area contributed by atoms with Crippen LogP contribution in [0.15, 0.2) is 59.5 Å². The molecule has 0 bridgehead atoms. The maximum absolute atomic E-state index is 15.3. The minimum atomic E-state index is -1.39. The van der Waals surface area contributed by atoms with Crippen LogP contribution in [0.1, 0.15) is 148 Å². The molecule has 9 heteroatoms. The lowest BCUT2D eigenvalue weighted by molar-refractivity contribution is -0.216. The highest BCUT2D eigenvalue weighted by Crippen LogP contribution is 2.79. The molecule has 3 heterocycles.